The third kappa shape index (κ3) is 3.56. The highest BCUT2D eigenvalue weighted by Gasteiger charge is 2.12. The molecule has 0 saturated heterocycles. The molecule has 0 amide bonds. The van der Waals surface area contributed by atoms with Gasteiger partial charge < -0.3 is 5.32 Å². The van der Waals surface area contributed by atoms with E-state index in [0.717, 1.165) is 25.3 Å². The van der Waals surface area contributed by atoms with Crippen molar-refractivity contribution >= 4 is 0 Å². The molecule has 0 spiro atoms. The molecule has 1 atom stereocenters. The summed E-state index contributed by atoms with van der Waals surface area (Å²) in [7, 11) is 1.86. The van der Waals surface area contributed by atoms with E-state index in [0.29, 0.717) is 12.0 Å². The second-order valence-electron chi connectivity index (χ2n) is 4.04. The predicted molar refractivity (Wildman–Crippen MR) is 62.4 cm³/mol. The van der Waals surface area contributed by atoms with Crippen molar-refractivity contribution in [1.29, 1.82) is 0 Å². The second-order valence-corrected chi connectivity index (χ2v) is 4.04. The Hall–Kier alpha value is -0.960. The molecule has 3 heteroatoms. The highest BCUT2D eigenvalue weighted by molar-refractivity contribution is 5.19. The minimum absolute atomic E-state index is 0.219. The van der Waals surface area contributed by atoms with Gasteiger partial charge in [-0.2, -0.15) is 0 Å². The second kappa shape index (κ2) is 6.59. The Morgan fingerprint density at radius 1 is 1.31 bits per heavy atom. The normalized spacial score (nSPS) is 12.8. The van der Waals surface area contributed by atoms with Crippen molar-refractivity contribution in [2.45, 2.75) is 38.6 Å². The topological polar surface area (TPSA) is 12.0 Å². The van der Waals surface area contributed by atoms with Gasteiger partial charge >= 0.3 is 0 Å². The van der Waals surface area contributed by atoms with Gasteiger partial charge in [0.05, 0.1) is 0 Å². The van der Waals surface area contributed by atoms with Crippen LogP contribution in [0.5, 0.6) is 0 Å². The predicted octanol–water partition coefficient (Wildman–Crippen LogP) is 3.29. The van der Waals surface area contributed by atoms with Crippen LogP contribution in [0.15, 0.2) is 18.2 Å². The van der Waals surface area contributed by atoms with Gasteiger partial charge in [0.2, 0.25) is 0 Å². The van der Waals surface area contributed by atoms with Crippen LogP contribution in [0.4, 0.5) is 8.78 Å². The molecule has 0 bridgehead atoms. The smallest absolute Gasteiger partial charge is 0.162 e. The highest BCUT2D eigenvalue weighted by Crippen LogP contribution is 2.15. The summed E-state index contributed by atoms with van der Waals surface area (Å²) in [6, 6.07) is 4.57. The summed E-state index contributed by atoms with van der Waals surface area (Å²) in [6.07, 6.45) is 3.75. The minimum Gasteiger partial charge on any atom is -0.317 e. The average molecular weight is 227 g/mol. The fraction of sp³-hybridized carbons (Fsp3) is 0.538. The zero-order valence-corrected chi connectivity index (χ0v) is 9.89. The van der Waals surface area contributed by atoms with Crippen LogP contribution < -0.4 is 5.32 Å². The molecule has 0 aliphatic rings. The summed E-state index contributed by atoms with van der Waals surface area (Å²) < 4.78 is 26.4. The van der Waals surface area contributed by atoms with Crippen molar-refractivity contribution in [3.63, 3.8) is 0 Å². The Labute approximate surface area is 95.9 Å². The summed E-state index contributed by atoms with van der Waals surface area (Å²) >= 11 is 0. The maximum Gasteiger partial charge on any atom is 0.162 e. The van der Waals surface area contributed by atoms with Crippen LogP contribution in [0.2, 0.25) is 0 Å². The van der Waals surface area contributed by atoms with Crippen LogP contribution in [0.3, 0.4) is 0 Å². The van der Waals surface area contributed by atoms with Gasteiger partial charge in [0.15, 0.2) is 11.6 Å². The Morgan fingerprint density at radius 2 is 2.06 bits per heavy atom. The molecule has 0 heterocycles. The first kappa shape index (κ1) is 13.1. The number of benzene rings is 1. The van der Waals surface area contributed by atoms with Crippen LogP contribution in [0.1, 0.15) is 31.7 Å². The molecular formula is C13H19F2N. The summed E-state index contributed by atoms with van der Waals surface area (Å²) in [5.41, 5.74) is 0.454. The zero-order valence-electron chi connectivity index (χ0n) is 9.89. The third-order valence-electron chi connectivity index (χ3n) is 2.81. The van der Waals surface area contributed by atoms with E-state index in [1.54, 1.807) is 12.1 Å². The lowest BCUT2D eigenvalue weighted by molar-refractivity contribution is 0.465. The molecule has 90 valence electrons. The standard InChI is InChI=1S/C13H19F2N/c1-3-4-7-11(16-2)9-10-6-5-8-12(14)13(10)15/h5-6,8,11,16H,3-4,7,9H2,1-2H3. The first-order valence-electron chi connectivity index (χ1n) is 5.79. The Kier molecular flexibility index (Phi) is 5.39. The van der Waals surface area contributed by atoms with E-state index in [4.69, 9.17) is 0 Å². The molecule has 1 aromatic rings. The molecule has 16 heavy (non-hydrogen) atoms. The van der Waals surface area contributed by atoms with Crippen molar-refractivity contribution in [2.75, 3.05) is 7.05 Å². The minimum atomic E-state index is -0.761. The first-order valence-corrected chi connectivity index (χ1v) is 5.79. The van der Waals surface area contributed by atoms with Crippen molar-refractivity contribution < 1.29 is 8.78 Å². The van der Waals surface area contributed by atoms with Crippen LogP contribution in [0.25, 0.3) is 0 Å². The lowest BCUT2D eigenvalue weighted by Gasteiger charge is -2.16. The van der Waals surface area contributed by atoms with E-state index in [1.807, 2.05) is 7.05 Å². The molecule has 0 aliphatic heterocycles. The van der Waals surface area contributed by atoms with E-state index in [9.17, 15) is 8.78 Å². The van der Waals surface area contributed by atoms with Gasteiger partial charge in [0.25, 0.3) is 0 Å². The monoisotopic (exact) mass is 227 g/mol. The van der Waals surface area contributed by atoms with Crippen molar-refractivity contribution in [3.8, 4) is 0 Å². The van der Waals surface area contributed by atoms with Gasteiger partial charge in [-0.05, 0) is 31.5 Å². The van der Waals surface area contributed by atoms with Crippen LogP contribution in [-0.4, -0.2) is 13.1 Å². The first-order chi connectivity index (χ1) is 7.69. The molecule has 0 radical (unpaired) electrons. The van der Waals surface area contributed by atoms with Crippen molar-refractivity contribution in [3.05, 3.63) is 35.4 Å². The van der Waals surface area contributed by atoms with Crippen molar-refractivity contribution in [2.24, 2.45) is 0 Å². The quantitative estimate of drug-likeness (QED) is 0.786. The van der Waals surface area contributed by atoms with E-state index in [-0.39, 0.29) is 6.04 Å². The van der Waals surface area contributed by atoms with Gasteiger partial charge in [0, 0.05) is 6.04 Å². The Bertz CT molecular complexity index is 326. The number of nitrogens with one attached hydrogen (secondary N) is 1. The number of rotatable bonds is 6. The fourth-order valence-corrected chi connectivity index (χ4v) is 1.77. The summed E-state index contributed by atoms with van der Waals surface area (Å²) in [5, 5.41) is 3.14. The average Bonchev–Trinajstić information content (AvgIpc) is 2.30. The van der Waals surface area contributed by atoms with Crippen LogP contribution in [-0.2, 0) is 6.42 Å². The maximum atomic E-state index is 13.4. The summed E-state index contributed by atoms with van der Waals surface area (Å²) in [5.74, 6) is -1.47. The molecule has 0 aromatic heterocycles. The lowest BCUT2D eigenvalue weighted by atomic mass is 10.0. The van der Waals surface area contributed by atoms with Crippen LogP contribution >= 0.6 is 0 Å². The SMILES string of the molecule is CCCCC(Cc1cccc(F)c1F)NC. The molecule has 1 nitrogen and oxygen atoms in total. The number of hydrogen-bond donors (Lipinski definition) is 1. The molecule has 1 rings (SSSR count). The van der Waals surface area contributed by atoms with Gasteiger partial charge in [-0.3, -0.25) is 0 Å². The number of hydrogen-bond acceptors (Lipinski definition) is 1. The molecule has 0 fully saturated rings. The van der Waals surface area contributed by atoms with Crippen molar-refractivity contribution in [1.82, 2.24) is 5.32 Å². The van der Waals surface area contributed by atoms with Crippen LogP contribution in [0, 0.1) is 11.6 Å². The Balaban J connectivity index is 2.66. The third-order valence-corrected chi connectivity index (χ3v) is 2.81. The zero-order chi connectivity index (χ0) is 12.0. The molecule has 1 aromatic carbocycles. The number of halogens is 2. The van der Waals surface area contributed by atoms with E-state index < -0.39 is 11.6 Å². The molecule has 0 saturated carbocycles. The number of unbranched alkanes of at least 4 members (excludes halogenated alkanes) is 1. The molecule has 0 aliphatic carbocycles. The maximum absolute atomic E-state index is 13.4. The van der Waals surface area contributed by atoms with Gasteiger partial charge in [-0.25, -0.2) is 8.78 Å². The van der Waals surface area contributed by atoms with Gasteiger partial charge in [0.1, 0.15) is 0 Å². The van der Waals surface area contributed by atoms with Gasteiger partial charge in [-0.1, -0.05) is 31.9 Å². The molecule has 1 N–H and O–H groups in total. The van der Waals surface area contributed by atoms with E-state index in [1.165, 1.54) is 0 Å². The van der Waals surface area contributed by atoms with E-state index >= 15 is 0 Å². The molecule has 1 unspecified atom stereocenters. The molecular weight excluding hydrogens is 208 g/mol. The number of likely N-dealkylation sites (N-methyl/N-ethyl adjacent to an activating group) is 1. The van der Waals surface area contributed by atoms with E-state index in [2.05, 4.69) is 12.2 Å². The lowest BCUT2D eigenvalue weighted by Crippen LogP contribution is -2.27. The van der Waals surface area contributed by atoms with Gasteiger partial charge in [-0.15, -0.1) is 0 Å². The summed E-state index contributed by atoms with van der Waals surface area (Å²) in [6.45, 7) is 2.12. The fourth-order valence-electron chi connectivity index (χ4n) is 1.77. The Morgan fingerprint density at radius 3 is 2.69 bits per heavy atom. The largest absolute Gasteiger partial charge is 0.317 e. The summed E-state index contributed by atoms with van der Waals surface area (Å²) in [4.78, 5) is 0. The highest BCUT2D eigenvalue weighted by atomic mass is 19.2.